The molecule has 2 bridgehead atoms. The number of anilines is 1. The maximum absolute atomic E-state index is 13.3. The normalized spacial score (nSPS) is 27.9. The molecular weight excluding hydrogens is 400 g/mol. The standard InChI is InChI=1S/C23H30N2O4S/c1-3-16-12(2)30-22(19(16)21(27)24-15-6-4-5-7-15)25-20(26)17-13-8-10-14(11-9-13)18(17)23(28)29/h8,10,13-15,17-18H,3-7,9,11H2,1-2H3,(H,24,27)(H,25,26)(H,28,29)/t13-,14-,17+,18-/m0/s1. The summed E-state index contributed by atoms with van der Waals surface area (Å²) in [6.45, 7) is 3.98. The molecule has 0 aromatic carbocycles. The fourth-order valence-corrected chi connectivity index (χ4v) is 6.69. The van der Waals surface area contributed by atoms with Gasteiger partial charge in [-0.2, -0.15) is 0 Å². The summed E-state index contributed by atoms with van der Waals surface area (Å²) in [5.74, 6) is -2.76. The van der Waals surface area contributed by atoms with Crippen LogP contribution in [0, 0.1) is 30.6 Å². The Morgan fingerprint density at radius 1 is 1.07 bits per heavy atom. The van der Waals surface area contributed by atoms with E-state index in [0.29, 0.717) is 17.0 Å². The van der Waals surface area contributed by atoms with Crippen molar-refractivity contribution in [3.8, 4) is 0 Å². The zero-order valence-corrected chi connectivity index (χ0v) is 18.4. The number of amides is 2. The molecule has 162 valence electrons. The molecular formula is C23H30N2O4S. The molecule has 3 N–H and O–H groups in total. The molecule has 0 radical (unpaired) electrons. The number of carbonyl (C=O) groups excluding carboxylic acids is 2. The number of carboxylic acids is 1. The second kappa shape index (κ2) is 8.53. The minimum Gasteiger partial charge on any atom is -0.481 e. The third-order valence-electron chi connectivity index (χ3n) is 7.05. The smallest absolute Gasteiger partial charge is 0.307 e. The lowest BCUT2D eigenvalue weighted by molar-refractivity contribution is -0.151. The number of thiophene rings is 1. The first kappa shape index (κ1) is 21.1. The van der Waals surface area contributed by atoms with Gasteiger partial charge in [-0.05, 0) is 56.4 Å². The number of fused-ring (bicyclic) bond motifs is 2. The molecule has 6 nitrogen and oxygen atoms in total. The van der Waals surface area contributed by atoms with Crippen molar-refractivity contribution in [1.82, 2.24) is 5.32 Å². The van der Waals surface area contributed by atoms with Gasteiger partial charge < -0.3 is 15.7 Å². The summed E-state index contributed by atoms with van der Waals surface area (Å²) in [7, 11) is 0. The molecule has 1 heterocycles. The summed E-state index contributed by atoms with van der Waals surface area (Å²) in [4.78, 5) is 39.3. The molecule has 0 saturated heterocycles. The maximum atomic E-state index is 13.3. The van der Waals surface area contributed by atoms with Crippen LogP contribution < -0.4 is 10.6 Å². The second-order valence-electron chi connectivity index (χ2n) is 8.82. The van der Waals surface area contributed by atoms with E-state index in [-0.39, 0.29) is 29.7 Å². The highest BCUT2D eigenvalue weighted by atomic mass is 32.1. The van der Waals surface area contributed by atoms with Crippen LogP contribution in [0.4, 0.5) is 5.00 Å². The highest BCUT2D eigenvalue weighted by Gasteiger charge is 2.48. The van der Waals surface area contributed by atoms with Crippen LogP contribution in [0.1, 0.15) is 66.2 Å². The SMILES string of the molecule is CCc1c(C)sc(NC(=O)[C@H]2[C@@H](C(=O)O)[C@H]3C=C[C@H]2CC3)c1C(=O)NC1CCCC1. The topological polar surface area (TPSA) is 95.5 Å². The van der Waals surface area contributed by atoms with Gasteiger partial charge in [0.1, 0.15) is 5.00 Å². The van der Waals surface area contributed by atoms with E-state index in [1.807, 2.05) is 26.0 Å². The fourth-order valence-electron chi connectivity index (χ4n) is 5.54. The van der Waals surface area contributed by atoms with Gasteiger partial charge in [-0.25, -0.2) is 0 Å². The monoisotopic (exact) mass is 430 g/mol. The zero-order valence-electron chi connectivity index (χ0n) is 17.6. The Morgan fingerprint density at radius 2 is 1.70 bits per heavy atom. The lowest BCUT2D eigenvalue weighted by Crippen LogP contribution is -2.47. The van der Waals surface area contributed by atoms with Crippen LogP contribution >= 0.6 is 11.3 Å². The summed E-state index contributed by atoms with van der Waals surface area (Å²) >= 11 is 1.42. The summed E-state index contributed by atoms with van der Waals surface area (Å²) in [5, 5.41) is 16.4. The molecule has 4 aliphatic rings. The van der Waals surface area contributed by atoms with E-state index in [1.165, 1.54) is 11.3 Å². The molecule has 1 aromatic heterocycles. The number of allylic oxidation sites excluding steroid dienone is 2. The van der Waals surface area contributed by atoms with Crippen molar-refractivity contribution in [2.75, 3.05) is 5.32 Å². The second-order valence-corrected chi connectivity index (χ2v) is 10.0. The molecule has 5 rings (SSSR count). The summed E-state index contributed by atoms with van der Waals surface area (Å²) < 4.78 is 0. The predicted octanol–water partition coefficient (Wildman–Crippen LogP) is 4.14. The van der Waals surface area contributed by atoms with Crippen molar-refractivity contribution in [2.24, 2.45) is 23.7 Å². The van der Waals surface area contributed by atoms with Crippen molar-refractivity contribution in [3.05, 3.63) is 28.2 Å². The highest BCUT2D eigenvalue weighted by molar-refractivity contribution is 7.16. The van der Waals surface area contributed by atoms with Crippen molar-refractivity contribution >= 4 is 34.1 Å². The third kappa shape index (κ3) is 3.80. The number of rotatable bonds is 6. The van der Waals surface area contributed by atoms with Gasteiger partial charge in [-0.1, -0.05) is 31.9 Å². The first-order valence-corrected chi connectivity index (χ1v) is 11.9. The number of carbonyl (C=O) groups is 3. The molecule has 7 heteroatoms. The van der Waals surface area contributed by atoms with Gasteiger partial charge in [0.25, 0.3) is 5.91 Å². The largest absolute Gasteiger partial charge is 0.481 e. The molecule has 2 amide bonds. The van der Waals surface area contributed by atoms with Gasteiger partial charge in [0.2, 0.25) is 5.91 Å². The van der Waals surface area contributed by atoms with E-state index < -0.39 is 17.8 Å². The van der Waals surface area contributed by atoms with Crippen LogP contribution in [-0.4, -0.2) is 28.9 Å². The molecule has 0 aliphatic heterocycles. The Bertz CT molecular complexity index is 884. The summed E-state index contributed by atoms with van der Waals surface area (Å²) in [6.07, 6.45) is 10.6. The number of aliphatic carboxylic acids is 1. The summed E-state index contributed by atoms with van der Waals surface area (Å²) in [5.41, 5.74) is 1.52. The quantitative estimate of drug-likeness (QED) is 0.591. The first-order valence-electron chi connectivity index (χ1n) is 11.1. The summed E-state index contributed by atoms with van der Waals surface area (Å²) in [6, 6.07) is 0.196. The van der Waals surface area contributed by atoms with E-state index in [9.17, 15) is 19.5 Å². The highest BCUT2D eigenvalue weighted by Crippen LogP contribution is 2.46. The molecule has 1 aromatic rings. The average molecular weight is 431 g/mol. The Labute approximate surface area is 181 Å². The van der Waals surface area contributed by atoms with Gasteiger partial charge >= 0.3 is 5.97 Å². The number of carboxylic acid groups (broad SMARTS) is 1. The van der Waals surface area contributed by atoms with Crippen LogP contribution in [-0.2, 0) is 16.0 Å². The van der Waals surface area contributed by atoms with Crippen molar-refractivity contribution in [3.63, 3.8) is 0 Å². The molecule has 2 fully saturated rings. The molecule has 30 heavy (non-hydrogen) atoms. The third-order valence-corrected chi connectivity index (χ3v) is 8.12. The zero-order chi connectivity index (χ0) is 21.4. The van der Waals surface area contributed by atoms with Crippen LogP contribution in [0.25, 0.3) is 0 Å². The minimum absolute atomic E-state index is 0.0569. The maximum Gasteiger partial charge on any atom is 0.307 e. The van der Waals surface area contributed by atoms with Gasteiger partial charge in [-0.15, -0.1) is 11.3 Å². The van der Waals surface area contributed by atoms with Crippen LogP contribution in [0.15, 0.2) is 12.2 Å². The van der Waals surface area contributed by atoms with E-state index in [4.69, 9.17) is 0 Å². The van der Waals surface area contributed by atoms with Gasteiger partial charge in [0.05, 0.1) is 17.4 Å². The van der Waals surface area contributed by atoms with E-state index >= 15 is 0 Å². The Kier molecular flexibility index (Phi) is 6.00. The van der Waals surface area contributed by atoms with Crippen molar-refractivity contribution in [2.45, 2.75) is 64.8 Å². The molecule has 2 saturated carbocycles. The lowest BCUT2D eigenvalue weighted by atomic mass is 9.62. The fraction of sp³-hybridized carbons (Fsp3) is 0.609. The van der Waals surface area contributed by atoms with Crippen molar-refractivity contribution in [1.29, 1.82) is 0 Å². The number of hydrogen-bond donors (Lipinski definition) is 3. The van der Waals surface area contributed by atoms with Gasteiger partial charge in [-0.3, -0.25) is 14.4 Å². The first-order chi connectivity index (χ1) is 14.4. The van der Waals surface area contributed by atoms with Crippen LogP contribution in [0.3, 0.4) is 0 Å². The Morgan fingerprint density at radius 3 is 2.27 bits per heavy atom. The molecule has 0 unspecified atom stereocenters. The van der Waals surface area contributed by atoms with E-state index in [1.54, 1.807) is 0 Å². The van der Waals surface area contributed by atoms with Gasteiger partial charge in [0.15, 0.2) is 0 Å². The number of hydrogen-bond acceptors (Lipinski definition) is 4. The van der Waals surface area contributed by atoms with E-state index in [2.05, 4.69) is 10.6 Å². The minimum atomic E-state index is -0.912. The van der Waals surface area contributed by atoms with Gasteiger partial charge in [0, 0.05) is 10.9 Å². The van der Waals surface area contributed by atoms with Crippen LogP contribution in [0.2, 0.25) is 0 Å². The Balaban J connectivity index is 1.59. The molecule has 0 spiro atoms. The van der Waals surface area contributed by atoms with E-state index in [0.717, 1.165) is 49.0 Å². The predicted molar refractivity (Wildman–Crippen MR) is 117 cm³/mol. The van der Waals surface area contributed by atoms with Crippen molar-refractivity contribution < 1.29 is 19.5 Å². The van der Waals surface area contributed by atoms with Crippen LogP contribution in [0.5, 0.6) is 0 Å². The molecule has 4 aliphatic carbocycles. The lowest BCUT2D eigenvalue weighted by Gasteiger charge is -2.41. The molecule has 4 atom stereocenters. The Hall–Kier alpha value is -2.15. The number of nitrogens with one attached hydrogen (secondary N) is 2. The number of aryl methyl sites for hydroxylation is 1. The average Bonchev–Trinajstić information content (AvgIpc) is 3.34.